The molecule has 1 aromatic carbocycles. The normalized spacial score (nSPS) is 16.0. The van der Waals surface area contributed by atoms with Crippen molar-refractivity contribution < 1.29 is 13.6 Å². The average molecular weight is 347 g/mol. The molecule has 0 saturated carbocycles. The van der Waals surface area contributed by atoms with Crippen molar-refractivity contribution in [2.24, 2.45) is 0 Å². The Balaban J connectivity index is 1.56. The second-order valence-corrected chi connectivity index (χ2v) is 6.29. The monoisotopic (exact) mass is 346 g/mol. The van der Waals surface area contributed by atoms with E-state index in [1.54, 1.807) is 39.8 Å². The topological polar surface area (TPSA) is 68.6 Å². The van der Waals surface area contributed by atoms with Gasteiger partial charge < -0.3 is 13.7 Å². The number of fused-ring (bicyclic) bond motifs is 1. The van der Waals surface area contributed by atoms with Gasteiger partial charge in [-0.3, -0.25) is 9.36 Å². The molecule has 3 heterocycles. The molecule has 1 amide bonds. The van der Waals surface area contributed by atoms with E-state index < -0.39 is 0 Å². The number of benzene rings is 1. The fraction of sp³-hybridized carbons (Fsp3) is 0.294. The van der Waals surface area contributed by atoms with Crippen molar-refractivity contribution >= 4 is 28.6 Å². The van der Waals surface area contributed by atoms with Crippen LogP contribution in [0.5, 0.6) is 0 Å². The molecule has 0 aliphatic carbocycles. The number of piperidine rings is 1. The van der Waals surface area contributed by atoms with E-state index in [4.69, 9.17) is 20.4 Å². The maximum atomic E-state index is 12.3. The lowest BCUT2D eigenvalue weighted by atomic mass is 10.0. The first-order valence-electron chi connectivity index (χ1n) is 7.77. The molecule has 24 heavy (non-hydrogen) atoms. The number of hydrogen-bond acceptors (Lipinski definition) is 4. The Bertz CT molecular complexity index is 933. The fourth-order valence-electron chi connectivity index (χ4n) is 3.24. The van der Waals surface area contributed by atoms with Gasteiger partial charge >= 0.3 is 5.76 Å². The van der Waals surface area contributed by atoms with Crippen LogP contribution in [0.1, 0.15) is 29.4 Å². The van der Waals surface area contributed by atoms with Crippen molar-refractivity contribution in [1.29, 1.82) is 0 Å². The van der Waals surface area contributed by atoms with Gasteiger partial charge in [0.2, 0.25) is 0 Å². The highest BCUT2D eigenvalue weighted by Crippen LogP contribution is 2.27. The number of aromatic nitrogens is 1. The van der Waals surface area contributed by atoms with Gasteiger partial charge in [0.05, 0.1) is 11.8 Å². The molecule has 3 aromatic rings. The van der Waals surface area contributed by atoms with Gasteiger partial charge in [-0.05, 0) is 43.2 Å². The first kappa shape index (κ1) is 15.1. The lowest BCUT2D eigenvalue weighted by Crippen LogP contribution is -2.40. The molecular weight excluding hydrogens is 332 g/mol. The quantitative estimate of drug-likeness (QED) is 0.713. The maximum absolute atomic E-state index is 12.3. The summed E-state index contributed by atoms with van der Waals surface area (Å²) >= 11 is 6.04. The van der Waals surface area contributed by atoms with Crippen LogP contribution in [0.4, 0.5) is 0 Å². The fourth-order valence-corrected chi connectivity index (χ4v) is 3.40. The highest BCUT2D eigenvalue weighted by atomic mass is 35.5. The molecule has 1 saturated heterocycles. The Morgan fingerprint density at radius 3 is 2.71 bits per heavy atom. The predicted molar refractivity (Wildman–Crippen MR) is 88.4 cm³/mol. The summed E-state index contributed by atoms with van der Waals surface area (Å²) in [6.07, 6.45) is 2.84. The van der Waals surface area contributed by atoms with Gasteiger partial charge in [0.25, 0.3) is 5.91 Å². The molecule has 0 unspecified atom stereocenters. The van der Waals surface area contributed by atoms with Crippen molar-refractivity contribution in [2.75, 3.05) is 13.1 Å². The highest BCUT2D eigenvalue weighted by molar-refractivity contribution is 6.31. The molecule has 0 atom stereocenters. The number of furan rings is 1. The van der Waals surface area contributed by atoms with Crippen LogP contribution in [0, 0.1) is 0 Å². The van der Waals surface area contributed by atoms with Crippen molar-refractivity contribution in [2.45, 2.75) is 18.9 Å². The number of nitrogens with zero attached hydrogens (tertiary/aromatic N) is 2. The van der Waals surface area contributed by atoms with Gasteiger partial charge in [-0.15, -0.1) is 0 Å². The molecule has 4 rings (SSSR count). The van der Waals surface area contributed by atoms with Crippen molar-refractivity contribution in [1.82, 2.24) is 9.47 Å². The number of halogens is 1. The third-order valence-corrected chi connectivity index (χ3v) is 4.66. The van der Waals surface area contributed by atoms with Crippen molar-refractivity contribution in [3.8, 4) is 0 Å². The van der Waals surface area contributed by atoms with Crippen molar-refractivity contribution in [3.05, 3.63) is 57.9 Å². The summed E-state index contributed by atoms with van der Waals surface area (Å²) in [7, 11) is 0. The Kier molecular flexibility index (Phi) is 3.69. The summed E-state index contributed by atoms with van der Waals surface area (Å²) in [6, 6.07) is 8.47. The summed E-state index contributed by atoms with van der Waals surface area (Å²) in [6.45, 7) is 1.12. The molecule has 0 bridgehead atoms. The van der Waals surface area contributed by atoms with Gasteiger partial charge in [0.15, 0.2) is 11.3 Å². The second kappa shape index (κ2) is 5.87. The standard InChI is InChI=1S/C17H15ClN2O4/c18-11-3-4-14-13(10-11)20(17(22)24-14)12-5-7-19(8-6-12)16(21)15-2-1-9-23-15/h1-4,9-10,12H,5-8H2. The molecule has 0 radical (unpaired) electrons. The summed E-state index contributed by atoms with van der Waals surface area (Å²) in [5, 5.41) is 0.558. The minimum Gasteiger partial charge on any atom is -0.459 e. The largest absolute Gasteiger partial charge is 0.459 e. The van der Waals surface area contributed by atoms with Crippen LogP contribution in [0.2, 0.25) is 5.02 Å². The van der Waals surface area contributed by atoms with Gasteiger partial charge in [0.1, 0.15) is 0 Å². The van der Waals surface area contributed by atoms with Crippen LogP contribution in [0.3, 0.4) is 0 Å². The zero-order chi connectivity index (χ0) is 16.7. The molecule has 1 fully saturated rings. The first-order chi connectivity index (χ1) is 11.6. The van der Waals surface area contributed by atoms with E-state index in [-0.39, 0.29) is 17.7 Å². The number of carbonyl (C=O) groups is 1. The summed E-state index contributed by atoms with van der Waals surface area (Å²) in [5.41, 5.74) is 1.22. The molecule has 0 N–H and O–H groups in total. The van der Waals surface area contributed by atoms with Crippen molar-refractivity contribution in [3.63, 3.8) is 0 Å². The molecular formula is C17H15ClN2O4. The Hall–Kier alpha value is -2.47. The van der Waals surface area contributed by atoms with E-state index in [1.807, 2.05) is 0 Å². The molecule has 0 spiro atoms. The van der Waals surface area contributed by atoms with Gasteiger partial charge in [0, 0.05) is 24.2 Å². The number of hydrogen-bond donors (Lipinski definition) is 0. The van der Waals surface area contributed by atoms with Crippen LogP contribution in [-0.4, -0.2) is 28.5 Å². The number of rotatable bonds is 2. The first-order valence-corrected chi connectivity index (χ1v) is 8.14. The second-order valence-electron chi connectivity index (χ2n) is 5.85. The average Bonchev–Trinajstić information content (AvgIpc) is 3.21. The number of likely N-dealkylation sites (tertiary alicyclic amines) is 1. The Morgan fingerprint density at radius 1 is 1.21 bits per heavy atom. The van der Waals surface area contributed by atoms with Gasteiger partial charge in [-0.25, -0.2) is 4.79 Å². The van der Waals surface area contributed by atoms with E-state index in [9.17, 15) is 9.59 Å². The lowest BCUT2D eigenvalue weighted by molar-refractivity contribution is 0.0662. The van der Waals surface area contributed by atoms with Crippen LogP contribution >= 0.6 is 11.6 Å². The van der Waals surface area contributed by atoms with E-state index in [0.717, 1.165) is 0 Å². The molecule has 124 valence electrons. The molecule has 1 aliphatic heterocycles. The Labute approximate surface area is 142 Å². The van der Waals surface area contributed by atoms with Gasteiger partial charge in [-0.1, -0.05) is 11.6 Å². The van der Waals surface area contributed by atoms with Gasteiger partial charge in [-0.2, -0.15) is 0 Å². The van der Waals surface area contributed by atoms with Crippen LogP contribution < -0.4 is 5.76 Å². The maximum Gasteiger partial charge on any atom is 0.420 e. The van der Waals surface area contributed by atoms with Crippen LogP contribution in [-0.2, 0) is 0 Å². The third-order valence-electron chi connectivity index (χ3n) is 4.42. The molecule has 7 heteroatoms. The molecule has 6 nitrogen and oxygen atoms in total. The third kappa shape index (κ3) is 2.53. The van der Waals surface area contributed by atoms with E-state index in [1.165, 1.54) is 6.26 Å². The highest BCUT2D eigenvalue weighted by Gasteiger charge is 2.28. The zero-order valence-corrected chi connectivity index (χ0v) is 13.5. The smallest absolute Gasteiger partial charge is 0.420 e. The van der Waals surface area contributed by atoms with E-state index in [0.29, 0.717) is 47.8 Å². The summed E-state index contributed by atoms with van der Waals surface area (Å²) in [4.78, 5) is 26.3. The summed E-state index contributed by atoms with van der Waals surface area (Å²) in [5.74, 6) is -0.167. The van der Waals surface area contributed by atoms with E-state index in [2.05, 4.69) is 0 Å². The van der Waals surface area contributed by atoms with Crippen LogP contribution in [0.25, 0.3) is 11.1 Å². The number of carbonyl (C=O) groups excluding carboxylic acids is 1. The van der Waals surface area contributed by atoms with E-state index >= 15 is 0 Å². The molecule has 1 aliphatic rings. The van der Waals surface area contributed by atoms with Crippen LogP contribution in [0.15, 0.2) is 50.2 Å². The predicted octanol–water partition coefficient (Wildman–Crippen LogP) is 3.32. The lowest BCUT2D eigenvalue weighted by Gasteiger charge is -2.31. The number of oxazole rings is 1. The Morgan fingerprint density at radius 2 is 2.00 bits per heavy atom. The minimum atomic E-state index is -0.386. The SMILES string of the molecule is O=C(c1ccco1)N1CCC(n2c(=O)oc3ccc(Cl)cc32)CC1. The molecule has 2 aromatic heterocycles. The number of amides is 1. The zero-order valence-electron chi connectivity index (χ0n) is 12.8. The minimum absolute atomic E-state index is 0.0159. The summed E-state index contributed by atoms with van der Waals surface area (Å²) < 4.78 is 12.1.